The smallest absolute Gasteiger partial charge is 0.356 e. The van der Waals surface area contributed by atoms with Gasteiger partial charge in [-0.15, -0.1) is 0 Å². The Balaban J connectivity index is 1.39. The summed E-state index contributed by atoms with van der Waals surface area (Å²) in [6, 6.07) is 11.7. The van der Waals surface area contributed by atoms with Gasteiger partial charge in [0.1, 0.15) is 11.2 Å². The lowest BCUT2D eigenvalue weighted by Gasteiger charge is -2.40. The molecule has 6 rings (SSSR count). The van der Waals surface area contributed by atoms with Crippen molar-refractivity contribution in [2.75, 3.05) is 10.2 Å². The van der Waals surface area contributed by atoms with E-state index in [1.807, 2.05) is 43.9 Å². The average Bonchev–Trinajstić information content (AvgIpc) is 3.47. The van der Waals surface area contributed by atoms with Gasteiger partial charge in [-0.25, -0.2) is 19.7 Å². The van der Waals surface area contributed by atoms with E-state index >= 15 is 0 Å². The monoisotopic (exact) mass is 556 g/mol. The van der Waals surface area contributed by atoms with Crippen LogP contribution in [0.1, 0.15) is 77.6 Å². The van der Waals surface area contributed by atoms with Crippen LogP contribution in [0.25, 0.3) is 11.0 Å². The molecular weight excluding hydrogens is 528 g/mol. The van der Waals surface area contributed by atoms with Crippen LogP contribution in [0, 0.1) is 18.3 Å². The van der Waals surface area contributed by atoms with Crippen molar-refractivity contribution in [3.8, 4) is 6.07 Å². The normalized spacial score (nSPS) is 20.9. The predicted molar refractivity (Wildman–Crippen MR) is 152 cm³/mol. The van der Waals surface area contributed by atoms with E-state index in [9.17, 15) is 15.2 Å². The van der Waals surface area contributed by atoms with Crippen LogP contribution < -0.4 is 10.2 Å². The highest BCUT2D eigenvalue weighted by Gasteiger charge is 2.43. The molecule has 0 amide bonds. The first-order valence-electron chi connectivity index (χ1n) is 13.4. The standard InChI is InChI=1S/C29H29ClN8O2/c1-15-10-20(16(2)33-21-6-7-25(30)35-27(21)29(39)40)26-22(11-15)34-23(14-31)28(36-26)38-18-4-5-19(38)13-17(12-18)24-8-9-32-37(24)3/h6-11,16-19,33H,4-5,12-13H2,1-3H3,(H,39,40). The molecule has 3 aromatic heterocycles. The number of carbonyl (C=O) groups is 1. The number of nitrogens with zero attached hydrogens (tertiary/aromatic N) is 7. The van der Waals surface area contributed by atoms with Crippen molar-refractivity contribution >= 4 is 40.1 Å². The van der Waals surface area contributed by atoms with Crippen molar-refractivity contribution in [2.45, 2.75) is 63.6 Å². The van der Waals surface area contributed by atoms with Gasteiger partial charge in [0.2, 0.25) is 0 Å². The number of hydrogen-bond acceptors (Lipinski definition) is 8. The third-order valence-corrected chi connectivity index (χ3v) is 8.40. The summed E-state index contributed by atoms with van der Waals surface area (Å²) in [6.07, 6.45) is 5.89. The summed E-state index contributed by atoms with van der Waals surface area (Å²) in [5.74, 6) is -0.126. The minimum atomic E-state index is -1.17. The molecule has 2 fully saturated rings. The van der Waals surface area contributed by atoms with Crippen LogP contribution in [0.2, 0.25) is 5.15 Å². The van der Waals surface area contributed by atoms with E-state index < -0.39 is 5.97 Å². The first kappa shape index (κ1) is 26.0. The Morgan fingerprint density at radius 2 is 1.93 bits per heavy atom. The van der Waals surface area contributed by atoms with E-state index in [-0.39, 0.29) is 29.0 Å². The molecule has 0 spiro atoms. The summed E-state index contributed by atoms with van der Waals surface area (Å²) >= 11 is 5.95. The van der Waals surface area contributed by atoms with E-state index in [1.54, 1.807) is 12.1 Å². The zero-order chi connectivity index (χ0) is 28.1. The van der Waals surface area contributed by atoms with Crippen molar-refractivity contribution in [3.05, 3.63) is 69.9 Å². The molecule has 0 radical (unpaired) electrons. The summed E-state index contributed by atoms with van der Waals surface area (Å²) in [4.78, 5) is 28.0. The van der Waals surface area contributed by atoms with Gasteiger partial charge in [-0.1, -0.05) is 17.7 Å². The van der Waals surface area contributed by atoms with Crippen LogP contribution in [0.5, 0.6) is 0 Å². The van der Waals surface area contributed by atoms with Crippen molar-refractivity contribution < 1.29 is 9.90 Å². The van der Waals surface area contributed by atoms with Gasteiger partial charge in [0, 0.05) is 42.5 Å². The van der Waals surface area contributed by atoms with Crippen LogP contribution in [0.15, 0.2) is 36.5 Å². The highest BCUT2D eigenvalue weighted by Crippen LogP contribution is 2.45. The number of aromatic carboxylic acids is 1. The maximum atomic E-state index is 11.8. The number of carboxylic acid groups (broad SMARTS) is 1. The molecule has 3 atom stereocenters. The first-order valence-corrected chi connectivity index (χ1v) is 13.8. The Hall–Kier alpha value is -4.23. The third-order valence-electron chi connectivity index (χ3n) is 8.19. The highest BCUT2D eigenvalue weighted by atomic mass is 35.5. The molecule has 2 aliphatic heterocycles. The molecule has 10 nitrogen and oxygen atoms in total. The SMILES string of the molecule is Cc1cc(C(C)Nc2ccc(Cl)nc2C(=O)O)c2nc(N3C4CCC3CC(c3ccnn3C)C4)c(C#N)nc2c1. The fourth-order valence-electron chi connectivity index (χ4n) is 6.48. The molecule has 3 unspecified atom stereocenters. The number of carboxylic acids is 1. The fourth-order valence-corrected chi connectivity index (χ4v) is 6.63. The van der Waals surface area contributed by atoms with E-state index in [0.29, 0.717) is 34.2 Å². The molecule has 1 aromatic carbocycles. The van der Waals surface area contributed by atoms with Gasteiger partial charge in [0.15, 0.2) is 17.2 Å². The Morgan fingerprint density at radius 1 is 1.18 bits per heavy atom. The quantitative estimate of drug-likeness (QED) is 0.300. The molecule has 2 saturated heterocycles. The molecule has 11 heteroatoms. The molecule has 2 N–H and O–H groups in total. The molecule has 2 aliphatic rings. The van der Waals surface area contributed by atoms with Gasteiger partial charge in [-0.3, -0.25) is 4.68 Å². The lowest BCUT2D eigenvalue weighted by Crippen LogP contribution is -2.43. The fraction of sp³-hybridized carbons (Fsp3) is 0.379. The molecule has 204 valence electrons. The number of aromatic nitrogens is 5. The van der Waals surface area contributed by atoms with Gasteiger partial charge in [-0.2, -0.15) is 10.4 Å². The number of benzene rings is 1. The minimum Gasteiger partial charge on any atom is -0.476 e. The summed E-state index contributed by atoms with van der Waals surface area (Å²) in [5.41, 5.74) is 4.93. The maximum absolute atomic E-state index is 11.8. The topological polar surface area (TPSA) is 133 Å². The van der Waals surface area contributed by atoms with Crippen LogP contribution in [-0.4, -0.2) is 47.9 Å². The number of nitrogens with one attached hydrogen (secondary N) is 1. The zero-order valence-electron chi connectivity index (χ0n) is 22.5. The second kappa shape index (κ2) is 10.1. The van der Waals surface area contributed by atoms with Gasteiger partial charge >= 0.3 is 5.97 Å². The molecule has 0 aliphatic carbocycles. The molecule has 5 heterocycles. The van der Waals surface area contributed by atoms with Crippen LogP contribution in [0.4, 0.5) is 11.5 Å². The van der Waals surface area contributed by atoms with Gasteiger partial charge in [0.05, 0.1) is 22.8 Å². The third kappa shape index (κ3) is 4.50. The number of pyridine rings is 1. The van der Waals surface area contributed by atoms with Gasteiger partial charge in [-0.05, 0) is 69.4 Å². The number of aryl methyl sites for hydroxylation is 2. The number of hydrogen-bond donors (Lipinski definition) is 2. The maximum Gasteiger partial charge on any atom is 0.356 e. The summed E-state index contributed by atoms with van der Waals surface area (Å²) in [6.45, 7) is 3.91. The highest BCUT2D eigenvalue weighted by molar-refractivity contribution is 6.29. The molecule has 4 aromatic rings. The second-order valence-corrected chi connectivity index (χ2v) is 11.2. The van der Waals surface area contributed by atoms with Crippen LogP contribution in [0.3, 0.4) is 0 Å². The summed E-state index contributed by atoms with van der Waals surface area (Å²) < 4.78 is 1.96. The molecule has 2 bridgehead atoms. The van der Waals surface area contributed by atoms with Crippen molar-refractivity contribution in [2.24, 2.45) is 7.05 Å². The Morgan fingerprint density at radius 3 is 2.58 bits per heavy atom. The lowest BCUT2D eigenvalue weighted by molar-refractivity contribution is 0.0691. The number of halogens is 1. The van der Waals surface area contributed by atoms with Gasteiger partial charge < -0.3 is 15.3 Å². The Bertz CT molecular complexity index is 1660. The average molecular weight is 557 g/mol. The van der Waals surface area contributed by atoms with Crippen molar-refractivity contribution in [1.29, 1.82) is 5.26 Å². The number of piperidine rings is 1. The Kier molecular flexibility index (Phi) is 6.55. The van der Waals surface area contributed by atoms with Crippen molar-refractivity contribution in [1.82, 2.24) is 24.7 Å². The number of rotatable bonds is 6. The minimum absolute atomic E-state index is 0.109. The van der Waals surface area contributed by atoms with Crippen LogP contribution in [-0.2, 0) is 7.05 Å². The van der Waals surface area contributed by atoms with E-state index in [0.717, 1.165) is 36.8 Å². The largest absolute Gasteiger partial charge is 0.476 e. The number of nitriles is 1. The summed E-state index contributed by atoms with van der Waals surface area (Å²) in [5, 5.41) is 27.5. The van der Waals surface area contributed by atoms with Gasteiger partial charge in [0.25, 0.3) is 0 Å². The zero-order valence-corrected chi connectivity index (χ0v) is 23.2. The first-order chi connectivity index (χ1) is 19.2. The molecule has 40 heavy (non-hydrogen) atoms. The number of fused-ring (bicyclic) bond motifs is 3. The lowest BCUT2D eigenvalue weighted by atomic mass is 9.88. The Labute approximate surface area is 236 Å². The van der Waals surface area contributed by atoms with E-state index in [2.05, 4.69) is 32.4 Å². The van der Waals surface area contributed by atoms with Crippen LogP contribution >= 0.6 is 11.6 Å². The molecular formula is C29H29ClN8O2. The van der Waals surface area contributed by atoms with E-state index in [4.69, 9.17) is 21.6 Å². The summed E-state index contributed by atoms with van der Waals surface area (Å²) in [7, 11) is 1.99. The predicted octanol–water partition coefficient (Wildman–Crippen LogP) is 5.38. The van der Waals surface area contributed by atoms with E-state index in [1.165, 1.54) is 5.69 Å². The number of anilines is 2. The molecule has 0 saturated carbocycles. The van der Waals surface area contributed by atoms with Crippen molar-refractivity contribution in [3.63, 3.8) is 0 Å². The second-order valence-electron chi connectivity index (χ2n) is 10.8.